The van der Waals surface area contributed by atoms with Crippen molar-refractivity contribution in [1.82, 2.24) is 10.7 Å². The summed E-state index contributed by atoms with van der Waals surface area (Å²) in [5, 5.41) is 10.6. The standard InChI is InChI=1S/C21H24N4O/c1-2-7-15-14(6-1)11-12-16-17(10-5-13-26-20(15)16)24-25-21-22-18-8-3-4-9-19(18)23-21/h1-2,6-7,11-12,18-19H,3-5,8-10,13H2,(H2,22,23,25)/b24-17-. The molecule has 2 aliphatic heterocycles. The summed E-state index contributed by atoms with van der Waals surface area (Å²) in [6, 6.07) is 13.6. The van der Waals surface area contributed by atoms with Crippen LogP contribution in [0.1, 0.15) is 44.1 Å². The van der Waals surface area contributed by atoms with Crippen LogP contribution >= 0.6 is 0 Å². The van der Waals surface area contributed by atoms with Gasteiger partial charge in [-0.25, -0.2) is 10.4 Å². The van der Waals surface area contributed by atoms with E-state index < -0.39 is 0 Å². The van der Waals surface area contributed by atoms with Gasteiger partial charge in [-0.2, -0.15) is 5.10 Å². The van der Waals surface area contributed by atoms with Gasteiger partial charge in [-0.05, 0) is 37.1 Å². The van der Waals surface area contributed by atoms with Crippen molar-refractivity contribution >= 4 is 22.4 Å². The Morgan fingerprint density at radius 3 is 2.96 bits per heavy atom. The molecule has 1 aliphatic carbocycles. The van der Waals surface area contributed by atoms with Crippen LogP contribution in [0.5, 0.6) is 5.75 Å². The van der Waals surface area contributed by atoms with Gasteiger partial charge in [-0.3, -0.25) is 0 Å². The van der Waals surface area contributed by atoms with E-state index in [1.807, 2.05) is 0 Å². The fourth-order valence-electron chi connectivity index (χ4n) is 4.28. The number of nitrogens with zero attached hydrogens (tertiary/aromatic N) is 2. The molecule has 134 valence electrons. The molecule has 1 saturated carbocycles. The second kappa shape index (κ2) is 6.63. The molecule has 2 unspecified atom stereocenters. The number of fused-ring (bicyclic) bond motifs is 4. The lowest BCUT2D eigenvalue weighted by Gasteiger charge is -2.22. The van der Waals surface area contributed by atoms with Gasteiger partial charge >= 0.3 is 0 Å². The first kappa shape index (κ1) is 15.7. The zero-order valence-electron chi connectivity index (χ0n) is 14.9. The van der Waals surface area contributed by atoms with Crippen LogP contribution < -0.4 is 15.5 Å². The minimum absolute atomic E-state index is 0.417. The molecule has 0 spiro atoms. The number of rotatable bonds is 1. The van der Waals surface area contributed by atoms with Gasteiger partial charge in [0.1, 0.15) is 5.75 Å². The zero-order chi connectivity index (χ0) is 17.3. The number of ether oxygens (including phenoxy) is 1. The van der Waals surface area contributed by atoms with E-state index >= 15 is 0 Å². The van der Waals surface area contributed by atoms with E-state index in [4.69, 9.17) is 14.8 Å². The lowest BCUT2D eigenvalue weighted by atomic mass is 9.92. The summed E-state index contributed by atoms with van der Waals surface area (Å²) in [7, 11) is 0. The van der Waals surface area contributed by atoms with Crippen molar-refractivity contribution in [1.29, 1.82) is 0 Å². The summed E-state index contributed by atoms with van der Waals surface area (Å²) < 4.78 is 6.09. The number of hydrogen-bond donors (Lipinski definition) is 2. The van der Waals surface area contributed by atoms with Gasteiger partial charge in [-0.1, -0.05) is 43.2 Å². The molecule has 3 aliphatic rings. The maximum atomic E-state index is 6.09. The first-order valence-electron chi connectivity index (χ1n) is 9.70. The van der Waals surface area contributed by atoms with Gasteiger partial charge in [0, 0.05) is 10.9 Å². The van der Waals surface area contributed by atoms with Gasteiger partial charge in [0.2, 0.25) is 5.96 Å². The molecule has 2 atom stereocenters. The predicted octanol–water partition coefficient (Wildman–Crippen LogP) is 3.58. The highest BCUT2D eigenvalue weighted by atomic mass is 16.5. The maximum Gasteiger partial charge on any atom is 0.212 e. The van der Waals surface area contributed by atoms with E-state index in [0.29, 0.717) is 12.1 Å². The Hall–Kier alpha value is -2.56. The molecule has 5 nitrogen and oxygen atoms in total. The van der Waals surface area contributed by atoms with Crippen molar-refractivity contribution < 1.29 is 4.74 Å². The van der Waals surface area contributed by atoms with Gasteiger partial charge in [-0.15, -0.1) is 0 Å². The molecule has 5 rings (SSSR count). The quantitative estimate of drug-likeness (QED) is 0.775. The van der Waals surface area contributed by atoms with Gasteiger partial charge in [0.05, 0.1) is 24.4 Å². The Balaban J connectivity index is 1.45. The molecular formula is C21H24N4O. The van der Waals surface area contributed by atoms with Crippen LogP contribution in [0.3, 0.4) is 0 Å². The highest BCUT2D eigenvalue weighted by Gasteiger charge is 2.30. The van der Waals surface area contributed by atoms with Crippen LogP contribution in [0.15, 0.2) is 46.5 Å². The average Bonchev–Trinajstić information content (AvgIpc) is 2.98. The largest absolute Gasteiger partial charge is 0.492 e. The lowest BCUT2D eigenvalue weighted by Crippen LogP contribution is -2.40. The number of hydrogen-bond acceptors (Lipinski definition) is 5. The molecule has 2 aromatic carbocycles. The fourth-order valence-corrected chi connectivity index (χ4v) is 4.28. The Morgan fingerprint density at radius 2 is 2.00 bits per heavy atom. The van der Waals surface area contributed by atoms with Crippen molar-refractivity contribution in [3.05, 3.63) is 42.0 Å². The van der Waals surface area contributed by atoms with Gasteiger partial charge < -0.3 is 10.1 Å². The predicted molar refractivity (Wildman–Crippen MR) is 105 cm³/mol. The smallest absolute Gasteiger partial charge is 0.212 e. The molecular weight excluding hydrogens is 324 g/mol. The molecule has 26 heavy (non-hydrogen) atoms. The normalized spacial score (nSPS) is 26.3. The molecule has 2 heterocycles. The second-order valence-corrected chi connectivity index (χ2v) is 7.37. The molecule has 0 radical (unpaired) electrons. The van der Waals surface area contributed by atoms with Crippen LogP contribution in [-0.4, -0.2) is 30.4 Å². The number of nitrogens with one attached hydrogen (secondary N) is 2. The molecule has 0 saturated heterocycles. The summed E-state index contributed by atoms with van der Waals surface area (Å²) in [5.74, 6) is 1.78. The fraction of sp³-hybridized carbons (Fsp3) is 0.429. The van der Waals surface area contributed by atoms with Crippen molar-refractivity contribution in [2.75, 3.05) is 6.61 Å². The number of hydrazone groups is 1. The lowest BCUT2D eigenvalue weighted by molar-refractivity contribution is 0.321. The maximum absolute atomic E-state index is 6.09. The van der Waals surface area contributed by atoms with Crippen LogP contribution in [0.4, 0.5) is 0 Å². The van der Waals surface area contributed by atoms with E-state index in [1.54, 1.807) is 0 Å². The van der Waals surface area contributed by atoms with Crippen molar-refractivity contribution in [3.8, 4) is 5.75 Å². The first-order chi connectivity index (χ1) is 12.9. The van der Waals surface area contributed by atoms with Crippen molar-refractivity contribution in [3.63, 3.8) is 0 Å². The third kappa shape index (κ3) is 2.81. The topological polar surface area (TPSA) is 58.0 Å². The second-order valence-electron chi connectivity index (χ2n) is 7.37. The molecule has 1 fully saturated rings. The Kier molecular flexibility index (Phi) is 4.00. The zero-order valence-corrected chi connectivity index (χ0v) is 14.9. The highest BCUT2D eigenvalue weighted by Crippen LogP contribution is 2.33. The molecule has 2 N–H and O–H groups in total. The number of benzene rings is 2. The van der Waals surface area contributed by atoms with Crippen LogP contribution in [0, 0.1) is 0 Å². The van der Waals surface area contributed by atoms with E-state index in [9.17, 15) is 0 Å². The highest BCUT2D eigenvalue weighted by molar-refractivity contribution is 6.08. The monoisotopic (exact) mass is 348 g/mol. The van der Waals surface area contributed by atoms with E-state index in [2.05, 4.69) is 47.1 Å². The number of guanidine groups is 1. The SMILES string of the molecule is c1ccc2c3c(ccc2c1)/C(=N\NC1=NC2CCCCC2N1)CCCO3. The van der Waals surface area contributed by atoms with Crippen LogP contribution in [-0.2, 0) is 0 Å². The molecule has 5 heteroatoms. The summed E-state index contributed by atoms with van der Waals surface area (Å²) in [6.07, 6.45) is 6.84. The number of aliphatic imine (C=N–C) groups is 1. The molecule has 2 aromatic rings. The van der Waals surface area contributed by atoms with Crippen molar-refractivity contribution in [2.45, 2.75) is 50.6 Å². The van der Waals surface area contributed by atoms with E-state index in [1.165, 1.54) is 31.1 Å². The summed E-state index contributed by atoms with van der Waals surface area (Å²) in [6.45, 7) is 0.726. The van der Waals surface area contributed by atoms with Crippen molar-refractivity contribution in [2.24, 2.45) is 10.1 Å². The molecule has 0 aromatic heterocycles. The third-order valence-corrected chi connectivity index (χ3v) is 5.64. The minimum atomic E-state index is 0.417. The van der Waals surface area contributed by atoms with Gasteiger partial charge in [0.25, 0.3) is 0 Å². The summed E-state index contributed by atoms with van der Waals surface area (Å²) in [5.41, 5.74) is 5.33. The molecule has 0 bridgehead atoms. The van der Waals surface area contributed by atoms with E-state index in [0.717, 1.165) is 47.8 Å². The minimum Gasteiger partial charge on any atom is -0.492 e. The summed E-state index contributed by atoms with van der Waals surface area (Å²) >= 11 is 0. The van der Waals surface area contributed by atoms with Gasteiger partial charge in [0.15, 0.2) is 0 Å². The van der Waals surface area contributed by atoms with Crippen LogP contribution in [0.25, 0.3) is 10.8 Å². The third-order valence-electron chi connectivity index (χ3n) is 5.64. The summed E-state index contributed by atoms with van der Waals surface area (Å²) in [4.78, 5) is 4.78. The molecule has 0 amide bonds. The Bertz CT molecular complexity index is 889. The first-order valence-corrected chi connectivity index (χ1v) is 9.70. The van der Waals surface area contributed by atoms with Crippen LogP contribution in [0.2, 0.25) is 0 Å². The Labute approximate surface area is 153 Å². The average molecular weight is 348 g/mol. The van der Waals surface area contributed by atoms with E-state index in [-0.39, 0.29) is 0 Å². The Morgan fingerprint density at radius 1 is 1.08 bits per heavy atom.